The van der Waals surface area contributed by atoms with Crippen LogP contribution in [0, 0.1) is 0 Å². The first-order chi connectivity index (χ1) is 5.83. The summed E-state index contributed by atoms with van der Waals surface area (Å²) in [6, 6.07) is 7.48. The lowest BCUT2D eigenvalue weighted by Crippen LogP contribution is -1.85. The summed E-state index contributed by atoms with van der Waals surface area (Å²) in [6.45, 7) is 0.589. The van der Waals surface area contributed by atoms with Gasteiger partial charge in [-0.05, 0) is 17.7 Å². The molecule has 0 aromatic heterocycles. The fourth-order valence-corrected chi connectivity index (χ4v) is 0.943. The van der Waals surface area contributed by atoms with Crippen molar-refractivity contribution >= 4 is 17.8 Å². The lowest BCUT2D eigenvalue weighted by atomic mass is 10.2. The number of benzene rings is 1. The van der Waals surface area contributed by atoms with E-state index in [2.05, 4.69) is 4.99 Å². The van der Waals surface area contributed by atoms with Crippen molar-refractivity contribution in [1.29, 1.82) is 0 Å². The van der Waals surface area contributed by atoms with E-state index in [9.17, 15) is 0 Å². The van der Waals surface area contributed by atoms with Crippen LogP contribution in [0.25, 0.3) is 0 Å². The van der Waals surface area contributed by atoms with Gasteiger partial charge in [0.1, 0.15) is 0 Å². The van der Waals surface area contributed by atoms with Crippen molar-refractivity contribution in [3.8, 4) is 0 Å². The van der Waals surface area contributed by atoms with Crippen molar-refractivity contribution < 1.29 is 5.11 Å². The van der Waals surface area contributed by atoms with Gasteiger partial charge in [-0.3, -0.25) is 4.99 Å². The molecule has 1 aromatic carbocycles. The van der Waals surface area contributed by atoms with Gasteiger partial charge in [0.15, 0.2) is 0 Å². The quantitative estimate of drug-likeness (QED) is 0.714. The Labute approximate surface area is 76.5 Å². The van der Waals surface area contributed by atoms with Gasteiger partial charge in [-0.15, -0.1) is 0 Å². The lowest BCUT2D eigenvalue weighted by Gasteiger charge is -1.95. The van der Waals surface area contributed by atoms with Crippen molar-refractivity contribution in [2.24, 2.45) is 4.99 Å². The zero-order chi connectivity index (χ0) is 8.81. The maximum atomic E-state index is 8.42. The number of aliphatic imine (C=N–C) groups is 1. The monoisotopic (exact) mass is 183 g/mol. The maximum absolute atomic E-state index is 8.42. The molecule has 0 amide bonds. The third-order valence-electron chi connectivity index (χ3n) is 1.40. The van der Waals surface area contributed by atoms with E-state index in [1.165, 1.54) is 6.21 Å². The van der Waals surface area contributed by atoms with Crippen LogP contribution < -0.4 is 0 Å². The smallest absolute Gasteiger partial charge is 0.0779 e. The number of rotatable bonds is 3. The molecule has 0 atom stereocenters. The molecule has 1 aromatic rings. The predicted molar refractivity (Wildman–Crippen MR) is 50.7 cm³/mol. The van der Waals surface area contributed by atoms with Crippen molar-refractivity contribution in [1.82, 2.24) is 0 Å². The molecular formula is C9H10ClNO. The van der Waals surface area contributed by atoms with E-state index in [1.807, 2.05) is 24.3 Å². The van der Waals surface area contributed by atoms with Crippen LogP contribution in [0.15, 0.2) is 29.3 Å². The summed E-state index contributed by atoms with van der Waals surface area (Å²) in [7, 11) is 0. The standard InChI is InChI=1S/C9H10ClNO/c10-9-3-1-8(2-4-9)7-11-5-6-12/h1-5,12H,6-7H2/b11-5-. The summed E-state index contributed by atoms with van der Waals surface area (Å²) < 4.78 is 0. The molecule has 0 fully saturated rings. The minimum Gasteiger partial charge on any atom is -0.391 e. The largest absolute Gasteiger partial charge is 0.391 e. The van der Waals surface area contributed by atoms with Crippen molar-refractivity contribution in [2.75, 3.05) is 6.61 Å². The minimum atomic E-state index is -0.00636. The minimum absolute atomic E-state index is 0.00636. The van der Waals surface area contributed by atoms with Gasteiger partial charge in [-0.2, -0.15) is 0 Å². The number of aliphatic hydroxyl groups excluding tert-OH is 1. The summed E-state index contributed by atoms with van der Waals surface area (Å²) in [5.41, 5.74) is 1.09. The molecule has 3 heteroatoms. The molecule has 0 unspecified atom stereocenters. The number of hydrogen-bond donors (Lipinski definition) is 1. The van der Waals surface area contributed by atoms with Crippen LogP contribution in [0.2, 0.25) is 5.02 Å². The highest BCUT2D eigenvalue weighted by Crippen LogP contribution is 2.09. The molecule has 0 aliphatic carbocycles. The summed E-state index contributed by atoms with van der Waals surface area (Å²) in [5.74, 6) is 0. The summed E-state index contributed by atoms with van der Waals surface area (Å²) >= 11 is 5.69. The Bertz CT molecular complexity index is 256. The second-order valence-electron chi connectivity index (χ2n) is 2.33. The first kappa shape index (κ1) is 9.23. The maximum Gasteiger partial charge on any atom is 0.0779 e. The third-order valence-corrected chi connectivity index (χ3v) is 1.65. The Morgan fingerprint density at radius 3 is 2.58 bits per heavy atom. The van der Waals surface area contributed by atoms with Crippen LogP contribution in [-0.4, -0.2) is 17.9 Å². The van der Waals surface area contributed by atoms with Gasteiger partial charge in [0.25, 0.3) is 0 Å². The van der Waals surface area contributed by atoms with Crippen LogP contribution >= 0.6 is 11.6 Å². The Balaban J connectivity index is 2.53. The zero-order valence-electron chi connectivity index (χ0n) is 6.57. The van der Waals surface area contributed by atoms with E-state index in [1.54, 1.807) is 0 Å². The highest BCUT2D eigenvalue weighted by atomic mass is 35.5. The highest BCUT2D eigenvalue weighted by molar-refractivity contribution is 6.30. The predicted octanol–water partition coefficient (Wildman–Crippen LogP) is 1.90. The fourth-order valence-electron chi connectivity index (χ4n) is 0.818. The summed E-state index contributed by atoms with van der Waals surface area (Å²) in [4.78, 5) is 3.97. The zero-order valence-corrected chi connectivity index (χ0v) is 7.33. The molecule has 0 radical (unpaired) electrons. The van der Waals surface area contributed by atoms with Crippen LogP contribution in [0.5, 0.6) is 0 Å². The number of nitrogens with zero attached hydrogens (tertiary/aromatic N) is 1. The molecule has 0 saturated carbocycles. The Morgan fingerprint density at radius 1 is 1.33 bits per heavy atom. The molecule has 2 nitrogen and oxygen atoms in total. The van der Waals surface area contributed by atoms with E-state index < -0.39 is 0 Å². The first-order valence-electron chi connectivity index (χ1n) is 3.66. The molecule has 1 rings (SSSR count). The van der Waals surface area contributed by atoms with Gasteiger partial charge in [-0.25, -0.2) is 0 Å². The number of hydrogen-bond acceptors (Lipinski definition) is 2. The second kappa shape index (κ2) is 4.91. The SMILES string of the molecule is OC/C=N\Cc1ccc(Cl)cc1. The molecular weight excluding hydrogens is 174 g/mol. The van der Waals surface area contributed by atoms with Gasteiger partial charge >= 0.3 is 0 Å². The van der Waals surface area contributed by atoms with E-state index in [0.717, 1.165) is 10.6 Å². The molecule has 0 heterocycles. The molecule has 1 N–H and O–H groups in total. The molecule has 64 valence electrons. The molecule has 0 saturated heterocycles. The van der Waals surface area contributed by atoms with E-state index >= 15 is 0 Å². The van der Waals surface area contributed by atoms with E-state index in [0.29, 0.717) is 6.54 Å². The van der Waals surface area contributed by atoms with Gasteiger partial charge in [0.05, 0.1) is 13.2 Å². The summed E-state index contributed by atoms with van der Waals surface area (Å²) in [6.07, 6.45) is 1.48. The van der Waals surface area contributed by atoms with Crippen LogP contribution in [0.1, 0.15) is 5.56 Å². The van der Waals surface area contributed by atoms with Crippen molar-refractivity contribution in [2.45, 2.75) is 6.54 Å². The number of halogens is 1. The van der Waals surface area contributed by atoms with Gasteiger partial charge < -0.3 is 5.11 Å². The topological polar surface area (TPSA) is 32.6 Å². The summed E-state index contributed by atoms with van der Waals surface area (Å²) in [5, 5.41) is 9.14. The van der Waals surface area contributed by atoms with Crippen LogP contribution in [0.4, 0.5) is 0 Å². The van der Waals surface area contributed by atoms with E-state index in [-0.39, 0.29) is 6.61 Å². The fraction of sp³-hybridized carbons (Fsp3) is 0.222. The van der Waals surface area contributed by atoms with Crippen molar-refractivity contribution in [3.63, 3.8) is 0 Å². The Hall–Kier alpha value is -0.860. The van der Waals surface area contributed by atoms with Crippen molar-refractivity contribution in [3.05, 3.63) is 34.9 Å². The third kappa shape index (κ3) is 3.03. The molecule has 0 spiro atoms. The average Bonchev–Trinajstić information content (AvgIpc) is 2.09. The molecule has 0 bridgehead atoms. The van der Waals surface area contributed by atoms with Gasteiger partial charge in [0.2, 0.25) is 0 Å². The molecule has 0 aliphatic heterocycles. The average molecular weight is 184 g/mol. The van der Waals surface area contributed by atoms with Crippen LogP contribution in [0.3, 0.4) is 0 Å². The Kier molecular flexibility index (Phi) is 3.77. The van der Waals surface area contributed by atoms with Gasteiger partial charge in [-0.1, -0.05) is 23.7 Å². The first-order valence-corrected chi connectivity index (χ1v) is 4.04. The van der Waals surface area contributed by atoms with E-state index in [4.69, 9.17) is 16.7 Å². The van der Waals surface area contributed by atoms with Crippen LogP contribution in [-0.2, 0) is 6.54 Å². The van der Waals surface area contributed by atoms with Gasteiger partial charge in [0, 0.05) is 11.2 Å². The lowest BCUT2D eigenvalue weighted by molar-refractivity contribution is 0.361. The Morgan fingerprint density at radius 2 is 2.00 bits per heavy atom. The molecule has 12 heavy (non-hydrogen) atoms. The second-order valence-corrected chi connectivity index (χ2v) is 2.77. The normalized spacial score (nSPS) is 10.8. The highest BCUT2D eigenvalue weighted by Gasteiger charge is 1.89. The molecule has 0 aliphatic rings. The number of aliphatic hydroxyl groups is 1.